The maximum absolute atomic E-state index is 10.6. The van der Waals surface area contributed by atoms with Gasteiger partial charge in [0.25, 0.3) is 0 Å². The van der Waals surface area contributed by atoms with Crippen LogP contribution in [0.2, 0.25) is 0 Å². The first-order valence-electron chi connectivity index (χ1n) is 4.15. The normalized spacial score (nSPS) is 17.1. The summed E-state index contributed by atoms with van der Waals surface area (Å²) in [4.78, 5) is 10.6. The molecule has 0 radical (unpaired) electrons. The number of hydrogen-bond donors (Lipinski definition) is 3. The number of aliphatic hydroxyl groups is 2. The van der Waals surface area contributed by atoms with Crippen molar-refractivity contribution >= 4 is 5.97 Å². The molecule has 0 aliphatic heterocycles. The summed E-state index contributed by atoms with van der Waals surface area (Å²) in [6.07, 6.45) is -1.43. The number of hydrogen-bond acceptors (Lipinski definition) is 3. The van der Waals surface area contributed by atoms with Crippen molar-refractivity contribution in [2.75, 3.05) is 0 Å². The second kappa shape index (κ2) is 3.77. The fourth-order valence-corrected chi connectivity index (χ4v) is 1.08. The van der Waals surface area contributed by atoms with Crippen molar-refractivity contribution in [1.82, 2.24) is 0 Å². The molecular weight excluding hydrogens is 184 g/mol. The Labute approximate surface area is 81.4 Å². The van der Waals surface area contributed by atoms with Gasteiger partial charge < -0.3 is 15.3 Å². The molecule has 0 spiro atoms. The molecule has 14 heavy (non-hydrogen) atoms. The van der Waals surface area contributed by atoms with E-state index in [2.05, 4.69) is 0 Å². The number of carboxylic acid groups (broad SMARTS) is 1. The van der Waals surface area contributed by atoms with Crippen LogP contribution in [-0.2, 0) is 4.79 Å². The molecule has 0 fully saturated rings. The summed E-state index contributed by atoms with van der Waals surface area (Å²) in [5.41, 5.74) is -1.79. The fraction of sp³-hybridized carbons (Fsp3) is 0.300. The molecule has 0 saturated heterocycles. The van der Waals surface area contributed by atoms with E-state index in [4.69, 9.17) is 5.11 Å². The molecule has 1 rings (SSSR count). The molecule has 0 heterocycles. The highest BCUT2D eigenvalue weighted by molar-refractivity contribution is 5.77. The van der Waals surface area contributed by atoms with Crippen molar-refractivity contribution in [3.05, 3.63) is 35.9 Å². The van der Waals surface area contributed by atoms with Crippen LogP contribution in [0.3, 0.4) is 0 Å². The third-order valence-electron chi connectivity index (χ3n) is 2.08. The van der Waals surface area contributed by atoms with Gasteiger partial charge in [0, 0.05) is 0 Å². The van der Waals surface area contributed by atoms with Crippen LogP contribution in [0.25, 0.3) is 0 Å². The summed E-state index contributed by atoms with van der Waals surface area (Å²) in [7, 11) is 0. The number of carbonyl (C=O) groups is 1. The van der Waals surface area contributed by atoms with Crippen LogP contribution in [0.1, 0.15) is 18.6 Å². The van der Waals surface area contributed by atoms with Gasteiger partial charge in [0.15, 0.2) is 5.60 Å². The maximum atomic E-state index is 10.6. The number of benzene rings is 1. The quantitative estimate of drug-likeness (QED) is 0.660. The lowest BCUT2D eigenvalue weighted by molar-refractivity contribution is -0.169. The first-order chi connectivity index (χ1) is 6.46. The molecular formula is C10H12O4. The fourth-order valence-electron chi connectivity index (χ4n) is 1.08. The lowest BCUT2D eigenvalue weighted by Gasteiger charge is -2.24. The lowest BCUT2D eigenvalue weighted by atomic mass is 9.93. The molecule has 2 atom stereocenters. The van der Waals surface area contributed by atoms with Crippen LogP contribution in [0, 0.1) is 0 Å². The molecule has 0 aliphatic carbocycles. The standard InChI is InChI=1S/C10H12O4/c1-10(14,9(12)13)8(11)7-5-3-2-4-6-7/h2-6,8,11,14H,1H3,(H,12,13). The van der Waals surface area contributed by atoms with Crippen molar-refractivity contribution in [2.45, 2.75) is 18.6 Å². The summed E-state index contributed by atoms with van der Waals surface area (Å²) in [6.45, 7) is 1.06. The second-order valence-corrected chi connectivity index (χ2v) is 3.27. The topological polar surface area (TPSA) is 77.8 Å². The molecule has 0 aliphatic rings. The zero-order valence-corrected chi connectivity index (χ0v) is 7.71. The van der Waals surface area contributed by atoms with Crippen LogP contribution < -0.4 is 0 Å². The van der Waals surface area contributed by atoms with E-state index in [1.807, 2.05) is 0 Å². The van der Waals surface area contributed by atoms with Gasteiger partial charge in [0.1, 0.15) is 6.10 Å². The molecule has 0 aromatic heterocycles. The Morgan fingerprint density at radius 3 is 2.29 bits per heavy atom. The minimum Gasteiger partial charge on any atom is -0.479 e. The molecule has 0 bridgehead atoms. The number of rotatable bonds is 3. The highest BCUT2D eigenvalue weighted by Gasteiger charge is 2.39. The van der Waals surface area contributed by atoms with Gasteiger partial charge in [-0.15, -0.1) is 0 Å². The predicted octanol–water partition coefficient (Wildman–Crippen LogP) is 0.556. The zero-order valence-electron chi connectivity index (χ0n) is 7.71. The lowest BCUT2D eigenvalue weighted by Crippen LogP contribution is -2.41. The van der Waals surface area contributed by atoms with Crippen molar-refractivity contribution < 1.29 is 20.1 Å². The maximum Gasteiger partial charge on any atom is 0.338 e. The Bertz CT molecular complexity index is 318. The minimum absolute atomic E-state index is 0.375. The average Bonchev–Trinajstić information content (AvgIpc) is 2.17. The largest absolute Gasteiger partial charge is 0.479 e. The van der Waals surface area contributed by atoms with Gasteiger partial charge in [0.05, 0.1) is 0 Å². The smallest absolute Gasteiger partial charge is 0.338 e. The summed E-state index contributed by atoms with van der Waals surface area (Å²) in [5, 5.41) is 27.7. The van der Waals surface area contributed by atoms with E-state index in [0.29, 0.717) is 5.56 Å². The van der Waals surface area contributed by atoms with Crippen molar-refractivity contribution in [1.29, 1.82) is 0 Å². The Balaban J connectivity index is 2.96. The monoisotopic (exact) mass is 196 g/mol. The van der Waals surface area contributed by atoms with E-state index in [1.54, 1.807) is 30.3 Å². The number of aliphatic carboxylic acids is 1. The third-order valence-corrected chi connectivity index (χ3v) is 2.08. The first-order valence-corrected chi connectivity index (χ1v) is 4.15. The Morgan fingerprint density at radius 1 is 1.36 bits per heavy atom. The molecule has 0 saturated carbocycles. The summed E-state index contributed by atoms with van der Waals surface area (Å²) in [6, 6.07) is 8.18. The summed E-state index contributed by atoms with van der Waals surface area (Å²) in [5.74, 6) is -1.45. The highest BCUT2D eigenvalue weighted by atomic mass is 16.4. The van der Waals surface area contributed by atoms with Crippen LogP contribution in [0.15, 0.2) is 30.3 Å². The van der Waals surface area contributed by atoms with E-state index in [9.17, 15) is 15.0 Å². The van der Waals surface area contributed by atoms with E-state index in [0.717, 1.165) is 6.92 Å². The SMILES string of the molecule is CC(O)(C(=O)O)C(O)c1ccccc1. The summed E-state index contributed by atoms with van der Waals surface area (Å²) < 4.78 is 0. The molecule has 0 amide bonds. The van der Waals surface area contributed by atoms with Crippen molar-refractivity contribution in [2.24, 2.45) is 0 Å². The Kier molecular flexibility index (Phi) is 2.88. The van der Waals surface area contributed by atoms with E-state index < -0.39 is 17.7 Å². The second-order valence-electron chi connectivity index (χ2n) is 3.27. The van der Waals surface area contributed by atoms with E-state index in [-0.39, 0.29) is 0 Å². The average molecular weight is 196 g/mol. The van der Waals surface area contributed by atoms with Crippen LogP contribution in [0.5, 0.6) is 0 Å². The molecule has 4 heteroatoms. The van der Waals surface area contributed by atoms with Gasteiger partial charge in [-0.05, 0) is 12.5 Å². The van der Waals surface area contributed by atoms with Gasteiger partial charge in [0.2, 0.25) is 0 Å². The van der Waals surface area contributed by atoms with E-state index in [1.165, 1.54) is 0 Å². The summed E-state index contributed by atoms with van der Waals surface area (Å²) >= 11 is 0. The third kappa shape index (κ3) is 1.92. The zero-order chi connectivity index (χ0) is 10.8. The molecule has 4 nitrogen and oxygen atoms in total. The van der Waals surface area contributed by atoms with E-state index >= 15 is 0 Å². The van der Waals surface area contributed by atoms with Crippen LogP contribution in [0.4, 0.5) is 0 Å². The van der Waals surface area contributed by atoms with Crippen LogP contribution in [-0.4, -0.2) is 26.9 Å². The minimum atomic E-state index is -2.17. The van der Waals surface area contributed by atoms with Gasteiger partial charge in [-0.2, -0.15) is 0 Å². The van der Waals surface area contributed by atoms with Crippen molar-refractivity contribution in [3.8, 4) is 0 Å². The van der Waals surface area contributed by atoms with Gasteiger partial charge in [-0.3, -0.25) is 0 Å². The highest BCUT2D eigenvalue weighted by Crippen LogP contribution is 2.25. The van der Waals surface area contributed by atoms with Gasteiger partial charge in [-0.25, -0.2) is 4.79 Å². The molecule has 1 aromatic carbocycles. The first kappa shape index (κ1) is 10.7. The number of aliphatic hydroxyl groups excluding tert-OH is 1. The molecule has 3 N–H and O–H groups in total. The molecule has 76 valence electrons. The molecule has 2 unspecified atom stereocenters. The van der Waals surface area contributed by atoms with Crippen LogP contribution >= 0.6 is 0 Å². The Morgan fingerprint density at radius 2 is 1.86 bits per heavy atom. The molecule has 1 aromatic rings. The van der Waals surface area contributed by atoms with Gasteiger partial charge in [-0.1, -0.05) is 30.3 Å². The van der Waals surface area contributed by atoms with Crippen molar-refractivity contribution in [3.63, 3.8) is 0 Å². The Hall–Kier alpha value is -1.39. The number of carboxylic acids is 1. The van der Waals surface area contributed by atoms with Gasteiger partial charge >= 0.3 is 5.97 Å². The predicted molar refractivity (Wildman–Crippen MR) is 49.7 cm³/mol.